The van der Waals surface area contributed by atoms with E-state index < -0.39 is 6.04 Å². The second-order valence-corrected chi connectivity index (χ2v) is 7.64. The highest BCUT2D eigenvalue weighted by atomic mass is 19.1. The van der Waals surface area contributed by atoms with E-state index in [2.05, 4.69) is 11.1 Å². The van der Waals surface area contributed by atoms with E-state index in [0.29, 0.717) is 18.7 Å². The number of nitrogens with one attached hydrogen (secondary N) is 1. The van der Waals surface area contributed by atoms with Gasteiger partial charge < -0.3 is 4.98 Å². The number of aromatic amines is 1. The van der Waals surface area contributed by atoms with E-state index in [9.17, 15) is 14.4 Å². The van der Waals surface area contributed by atoms with Crippen molar-refractivity contribution in [1.29, 1.82) is 5.26 Å². The van der Waals surface area contributed by atoms with Gasteiger partial charge >= 0.3 is 0 Å². The number of hydrogen-bond donors (Lipinski definition) is 1. The summed E-state index contributed by atoms with van der Waals surface area (Å²) in [6.45, 7) is 2.82. The lowest BCUT2D eigenvalue weighted by molar-refractivity contribution is 0.216. The Hall–Kier alpha value is -3.75. The van der Waals surface area contributed by atoms with E-state index in [1.807, 2.05) is 60.4 Å². The molecule has 5 heteroatoms. The number of rotatable bonds is 6. The first-order valence-electron chi connectivity index (χ1n) is 10.1. The van der Waals surface area contributed by atoms with Gasteiger partial charge in [0.15, 0.2) is 0 Å². The van der Waals surface area contributed by atoms with Gasteiger partial charge in [0.25, 0.3) is 5.56 Å². The van der Waals surface area contributed by atoms with Crippen LogP contribution in [0.15, 0.2) is 83.7 Å². The van der Waals surface area contributed by atoms with Crippen molar-refractivity contribution in [2.45, 2.75) is 26.1 Å². The molecule has 0 saturated heterocycles. The van der Waals surface area contributed by atoms with Crippen LogP contribution in [0.1, 0.15) is 28.3 Å². The molecule has 4 nitrogen and oxygen atoms in total. The van der Waals surface area contributed by atoms with Crippen molar-refractivity contribution >= 4 is 10.9 Å². The maximum atomic E-state index is 13.4. The summed E-state index contributed by atoms with van der Waals surface area (Å²) in [5.74, 6) is -0.309. The molecule has 0 amide bonds. The van der Waals surface area contributed by atoms with Crippen LogP contribution in [0.3, 0.4) is 0 Å². The molecule has 1 atom stereocenters. The van der Waals surface area contributed by atoms with Gasteiger partial charge in [0.05, 0.1) is 11.6 Å². The fourth-order valence-corrected chi connectivity index (χ4v) is 3.83. The van der Waals surface area contributed by atoms with Crippen molar-refractivity contribution in [2.75, 3.05) is 0 Å². The van der Waals surface area contributed by atoms with E-state index >= 15 is 0 Å². The Morgan fingerprint density at radius 3 is 2.32 bits per heavy atom. The van der Waals surface area contributed by atoms with Gasteiger partial charge in [0, 0.05) is 18.7 Å². The van der Waals surface area contributed by atoms with E-state index in [0.717, 1.165) is 27.6 Å². The maximum Gasteiger partial charge on any atom is 0.254 e. The molecule has 1 N–H and O–H groups in total. The van der Waals surface area contributed by atoms with Crippen LogP contribution in [-0.2, 0) is 13.1 Å². The van der Waals surface area contributed by atoms with E-state index in [1.165, 1.54) is 12.1 Å². The Balaban J connectivity index is 1.77. The van der Waals surface area contributed by atoms with Crippen LogP contribution in [0.25, 0.3) is 10.9 Å². The molecule has 0 aliphatic rings. The summed E-state index contributed by atoms with van der Waals surface area (Å²) in [7, 11) is 0. The molecule has 154 valence electrons. The maximum absolute atomic E-state index is 13.4. The number of para-hydroxylation sites is 1. The third-order valence-electron chi connectivity index (χ3n) is 5.43. The number of fused-ring (bicyclic) bond motifs is 1. The average molecular weight is 411 g/mol. The third-order valence-corrected chi connectivity index (χ3v) is 5.43. The summed E-state index contributed by atoms with van der Waals surface area (Å²) in [6.07, 6.45) is 0. The largest absolute Gasteiger partial charge is 0.321 e. The molecular weight excluding hydrogens is 389 g/mol. The van der Waals surface area contributed by atoms with Crippen molar-refractivity contribution in [2.24, 2.45) is 0 Å². The Bertz CT molecular complexity index is 1290. The lowest BCUT2D eigenvalue weighted by Gasteiger charge is -2.27. The number of pyridine rings is 1. The molecule has 0 spiro atoms. The predicted octanol–water partition coefficient (Wildman–Crippen LogP) is 5.24. The Kier molecular flexibility index (Phi) is 5.92. The lowest BCUT2D eigenvalue weighted by Crippen LogP contribution is -2.31. The number of aryl methyl sites for hydroxylation is 1. The van der Waals surface area contributed by atoms with Crippen LogP contribution in [0.4, 0.5) is 4.39 Å². The van der Waals surface area contributed by atoms with E-state index in [1.54, 1.807) is 18.2 Å². The van der Waals surface area contributed by atoms with Gasteiger partial charge in [-0.25, -0.2) is 4.39 Å². The highest BCUT2D eigenvalue weighted by Crippen LogP contribution is 2.25. The quantitative estimate of drug-likeness (QED) is 0.472. The lowest BCUT2D eigenvalue weighted by atomic mass is 10.0. The van der Waals surface area contributed by atoms with Crippen molar-refractivity contribution in [3.05, 3.63) is 117 Å². The summed E-state index contributed by atoms with van der Waals surface area (Å²) in [6, 6.07) is 25.2. The van der Waals surface area contributed by atoms with Crippen molar-refractivity contribution < 1.29 is 4.39 Å². The molecule has 4 aromatic rings. The minimum atomic E-state index is -0.765. The normalized spacial score (nSPS) is 12.1. The van der Waals surface area contributed by atoms with Crippen LogP contribution in [0.2, 0.25) is 0 Å². The Morgan fingerprint density at radius 2 is 1.65 bits per heavy atom. The van der Waals surface area contributed by atoms with Crippen molar-refractivity contribution in [3.63, 3.8) is 0 Å². The number of halogens is 1. The topological polar surface area (TPSA) is 59.9 Å². The number of aromatic nitrogens is 1. The molecule has 4 rings (SSSR count). The first kappa shape index (κ1) is 20.5. The number of benzene rings is 3. The molecule has 0 bridgehead atoms. The van der Waals surface area contributed by atoms with Gasteiger partial charge in [0.2, 0.25) is 0 Å². The van der Waals surface area contributed by atoms with Crippen LogP contribution < -0.4 is 5.56 Å². The Labute approximate surface area is 180 Å². The van der Waals surface area contributed by atoms with Gasteiger partial charge in [-0.2, -0.15) is 5.26 Å². The average Bonchev–Trinajstić information content (AvgIpc) is 2.77. The molecular formula is C26H22FN3O. The first-order valence-corrected chi connectivity index (χ1v) is 10.1. The highest BCUT2D eigenvalue weighted by molar-refractivity contribution is 5.82. The van der Waals surface area contributed by atoms with Gasteiger partial charge in [-0.1, -0.05) is 60.7 Å². The van der Waals surface area contributed by atoms with Crippen LogP contribution in [0, 0.1) is 24.1 Å². The first-order chi connectivity index (χ1) is 15.0. The summed E-state index contributed by atoms with van der Waals surface area (Å²) in [5, 5.41) is 11.0. The van der Waals surface area contributed by atoms with Crippen LogP contribution in [-0.4, -0.2) is 9.88 Å². The summed E-state index contributed by atoms with van der Waals surface area (Å²) in [5.41, 5.74) is 3.77. The predicted molar refractivity (Wildman–Crippen MR) is 120 cm³/mol. The van der Waals surface area contributed by atoms with Gasteiger partial charge in [-0.05, 0) is 47.2 Å². The zero-order valence-corrected chi connectivity index (χ0v) is 17.2. The molecule has 0 saturated carbocycles. The summed E-state index contributed by atoms with van der Waals surface area (Å²) in [4.78, 5) is 17.8. The number of nitrogens with zero attached hydrogens (tertiary/aromatic N) is 2. The molecule has 31 heavy (non-hydrogen) atoms. The third kappa shape index (κ3) is 4.55. The molecule has 0 aliphatic heterocycles. The van der Waals surface area contributed by atoms with Gasteiger partial charge in [-0.15, -0.1) is 0 Å². The van der Waals surface area contributed by atoms with E-state index in [4.69, 9.17) is 0 Å². The number of H-pyrrole nitrogens is 1. The zero-order valence-electron chi connectivity index (χ0n) is 17.2. The van der Waals surface area contributed by atoms with E-state index in [-0.39, 0.29) is 11.4 Å². The molecule has 1 unspecified atom stereocenters. The fourth-order valence-electron chi connectivity index (χ4n) is 3.83. The second-order valence-electron chi connectivity index (χ2n) is 7.64. The zero-order chi connectivity index (χ0) is 21.8. The number of nitriles is 1. The van der Waals surface area contributed by atoms with Gasteiger partial charge in [0.1, 0.15) is 11.9 Å². The molecule has 0 aliphatic carbocycles. The standard InChI is InChI=1S/C26H22FN3O/c1-18-6-5-9-21-14-23(26(31)29-25(18)21)24(15-28)30(16-19-7-3-2-4-8-19)17-20-10-12-22(27)13-11-20/h2-14,24H,16-17H2,1H3,(H,29,31). The minimum Gasteiger partial charge on any atom is -0.321 e. The molecule has 0 radical (unpaired) electrons. The smallest absolute Gasteiger partial charge is 0.254 e. The number of hydrogen-bond acceptors (Lipinski definition) is 3. The minimum absolute atomic E-state index is 0.273. The monoisotopic (exact) mass is 411 g/mol. The SMILES string of the molecule is Cc1cccc2cc(C(C#N)N(Cc3ccccc3)Cc3ccc(F)cc3)c(=O)[nH]c12. The summed E-state index contributed by atoms with van der Waals surface area (Å²) >= 11 is 0. The van der Waals surface area contributed by atoms with Gasteiger partial charge in [-0.3, -0.25) is 9.69 Å². The summed E-state index contributed by atoms with van der Waals surface area (Å²) < 4.78 is 13.4. The van der Waals surface area contributed by atoms with Crippen molar-refractivity contribution in [1.82, 2.24) is 9.88 Å². The molecule has 1 heterocycles. The molecule has 3 aromatic carbocycles. The van der Waals surface area contributed by atoms with Crippen LogP contribution >= 0.6 is 0 Å². The fraction of sp³-hybridized carbons (Fsp3) is 0.154. The van der Waals surface area contributed by atoms with Crippen molar-refractivity contribution in [3.8, 4) is 6.07 Å². The van der Waals surface area contributed by atoms with Crippen LogP contribution in [0.5, 0.6) is 0 Å². The Morgan fingerprint density at radius 1 is 0.968 bits per heavy atom. The molecule has 1 aromatic heterocycles. The molecule has 0 fully saturated rings. The second kappa shape index (κ2) is 8.95. The highest BCUT2D eigenvalue weighted by Gasteiger charge is 2.24.